The molecule has 0 saturated carbocycles. The number of hydrogen-bond acceptors (Lipinski definition) is 8. The first-order chi connectivity index (χ1) is 25.7. The first kappa shape index (κ1) is 48.5. The molecule has 2 aliphatic rings. The fourth-order valence-electron chi connectivity index (χ4n) is 5.31. The summed E-state index contributed by atoms with van der Waals surface area (Å²) in [6, 6.07) is 30.9. The van der Waals surface area contributed by atoms with Crippen LogP contribution in [0.15, 0.2) is 102 Å². The number of hydrogen-bond donors (Lipinski definition) is 4. The van der Waals surface area contributed by atoms with Crippen molar-refractivity contribution in [3.63, 3.8) is 0 Å². The summed E-state index contributed by atoms with van der Waals surface area (Å²) in [5.74, 6) is 0.521. The second kappa shape index (κ2) is 26.3. The SMILES string of the molecule is CC(=O)O.CC(=O)O.COc1ccc(CN2CCCC2=O)cc1-c1ccccc1.COc1ccc(CN2CCCC2=O)cc1Br.OB(O)c1ccccc1.[Pd]. The molecule has 55 heavy (non-hydrogen) atoms. The summed E-state index contributed by atoms with van der Waals surface area (Å²) >= 11 is 3.44. The average Bonchev–Trinajstić information content (AvgIpc) is 3.75. The monoisotopic (exact) mass is 912 g/mol. The number of carbonyl (C=O) groups is 4. The van der Waals surface area contributed by atoms with Gasteiger partial charge in [0.25, 0.3) is 11.9 Å². The number of aliphatic carboxylic acids is 2. The Morgan fingerprint density at radius 1 is 0.691 bits per heavy atom. The molecular formula is C40H48BBrN2O10Pd. The second-order valence-electron chi connectivity index (χ2n) is 12.0. The molecule has 0 bridgehead atoms. The number of carboxylic acid groups (broad SMARTS) is 2. The predicted octanol–water partition coefficient (Wildman–Crippen LogP) is 5.61. The largest absolute Gasteiger partial charge is 0.496 e. The van der Waals surface area contributed by atoms with Crippen LogP contribution in [0.4, 0.5) is 0 Å². The van der Waals surface area contributed by atoms with Gasteiger partial charge in [-0.05, 0) is 75.2 Å². The fourth-order valence-corrected chi connectivity index (χ4v) is 5.90. The molecule has 0 aliphatic carbocycles. The minimum absolute atomic E-state index is 0. The van der Waals surface area contributed by atoms with Gasteiger partial charge in [-0.15, -0.1) is 0 Å². The molecule has 4 aromatic rings. The van der Waals surface area contributed by atoms with Crippen LogP contribution in [0.2, 0.25) is 0 Å². The zero-order valence-corrected chi connectivity index (χ0v) is 34.4. The van der Waals surface area contributed by atoms with Crippen LogP contribution in [-0.2, 0) is 52.7 Å². The number of ether oxygens (including phenoxy) is 2. The van der Waals surface area contributed by atoms with E-state index in [9.17, 15) is 9.59 Å². The van der Waals surface area contributed by atoms with E-state index in [1.54, 1.807) is 38.5 Å². The summed E-state index contributed by atoms with van der Waals surface area (Å²) in [4.78, 5) is 45.1. The van der Waals surface area contributed by atoms with Gasteiger partial charge < -0.3 is 39.5 Å². The van der Waals surface area contributed by atoms with E-state index in [-0.39, 0.29) is 32.2 Å². The molecule has 2 heterocycles. The quantitative estimate of drug-likeness (QED) is 0.163. The smallest absolute Gasteiger partial charge is 0.488 e. The maximum atomic E-state index is 11.8. The summed E-state index contributed by atoms with van der Waals surface area (Å²) in [5.41, 5.74) is 5.00. The molecule has 4 aromatic carbocycles. The Morgan fingerprint density at radius 2 is 1.11 bits per heavy atom. The standard InChI is InChI=1S/C18H19NO2.C12H14BrNO2.C6H7BO2.2C2H4O2.Pd/c1-21-17-10-9-14(13-19-11-5-8-18(19)20)12-16(17)15-6-3-2-4-7-15;1-16-11-5-4-9(7-10(11)13)8-14-6-2-3-12(14)15;8-7(9)6-4-2-1-3-5-6;2*1-2(3)4;/h2-4,6-7,9-10,12H,5,8,11,13H2,1H3;4-5,7H,2-3,6,8H2,1H3;1-5,8-9H;2*1H3,(H,3,4);. The normalized spacial score (nSPS) is 12.5. The van der Waals surface area contributed by atoms with Crippen LogP contribution in [-0.4, -0.2) is 88.2 Å². The van der Waals surface area contributed by atoms with Crippen molar-refractivity contribution in [3.05, 3.63) is 113 Å². The Labute approximate surface area is 345 Å². The van der Waals surface area contributed by atoms with Crippen LogP contribution in [0.3, 0.4) is 0 Å². The minimum Gasteiger partial charge on any atom is -0.496 e. The molecular weight excluding hydrogens is 866 g/mol. The van der Waals surface area contributed by atoms with Gasteiger partial charge in [-0.2, -0.15) is 0 Å². The summed E-state index contributed by atoms with van der Waals surface area (Å²) in [6.07, 6.45) is 3.33. The molecule has 4 N–H and O–H groups in total. The number of likely N-dealkylation sites (tertiary alicyclic amines) is 2. The van der Waals surface area contributed by atoms with Gasteiger partial charge in [0, 0.05) is 78.9 Å². The molecule has 0 aromatic heterocycles. The Hall–Kier alpha value is -4.51. The van der Waals surface area contributed by atoms with Gasteiger partial charge in [0.2, 0.25) is 11.8 Å². The van der Waals surface area contributed by atoms with Gasteiger partial charge in [0.05, 0.1) is 18.7 Å². The molecule has 298 valence electrons. The molecule has 12 nitrogen and oxygen atoms in total. The van der Waals surface area contributed by atoms with Crippen molar-refractivity contribution in [2.24, 2.45) is 0 Å². The first-order valence-corrected chi connectivity index (χ1v) is 17.9. The van der Waals surface area contributed by atoms with Crippen molar-refractivity contribution < 1.29 is 69.3 Å². The van der Waals surface area contributed by atoms with E-state index in [0.717, 1.165) is 78.0 Å². The van der Waals surface area contributed by atoms with Gasteiger partial charge >= 0.3 is 7.12 Å². The Balaban J connectivity index is 0.000000392. The summed E-state index contributed by atoms with van der Waals surface area (Å²) in [6.45, 7) is 5.29. The molecule has 2 fully saturated rings. The molecule has 2 amide bonds. The Bertz CT molecular complexity index is 1760. The van der Waals surface area contributed by atoms with E-state index >= 15 is 0 Å². The zero-order chi connectivity index (χ0) is 40.0. The van der Waals surface area contributed by atoms with Crippen molar-refractivity contribution in [1.29, 1.82) is 0 Å². The zero-order valence-electron chi connectivity index (χ0n) is 31.3. The van der Waals surface area contributed by atoms with Crippen molar-refractivity contribution in [2.75, 3.05) is 27.3 Å². The summed E-state index contributed by atoms with van der Waals surface area (Å²) in [7, 11) is 1.99. The van der Waals surface area contributed by atoms with E-state index in [4.69, 9.17) is 39.3 Å². The van der Waals surface area contributed by atoms with Crippen molar-refractivity contribution in [3.8, 4) is 22.6 Å². The molecule has 0 unspecified atom stereocenters. The van der Waals surface area contributed by atoms with Crippen molar-refractivity contribution >= 4 is 52.3 Å². The van der Waals surface area contributed by atoms with Gasteiger partial charge in [0.1, 0.15) is 11.5 Å². The maximum absolute atomic E-state index is 11.8. The molecule has 0 atom stereocenters. The molecule has 0 radical (unpaired) electrons. The average molecular weight is 914 g/mol. The summed E-state index contributed by atoms with van der Waals surface area (Å²) in [5, 5.41) is 32.0. The number of benzene rings is 4. The van der Waals surface area contributed by atoms with E-state index in [1.807, 2.05) is 64.4 Å². The molecule has 6 rings (SSSR count). The van der Waals surface area contributed by atoms with Crippen LogP contribution in [0.5, 0.6) is 11.5 Å². The third-order valence-corrected chi connectivity index (χ3v) is 8.37. The summed E-state index contributed by atoms with van der Waals surface area (Å²) < 4.78 is 11.6. The number of carboxylic acids is 2. The second-order valence-corrected chi connectivity index (χ2v) is 12.9. The van der Waals surface area contributed by atoms with Crippen LogP contribution >= 0.6 is 15.9 Å². The van der Waals surface area contributed by atoms with Gasteiger partial charge in [-0.3, -0.25) is 19.2 Å². The first-order valence-electron chi connectivity index (χ1n) is 17.2. The molecule has 2 saturated heterocycles. The van der Waals surface area contributed by atoms with E-state index in [2.05, 4.69) is 34.1 Å². The van der Waals surface area contributed by atoms with Crippen LogP contribution in [0.1, 0.15) is 50.7 Å². The number of rotatable bonds is 8. The molecule has 0 spiro atoms. The number of nitrogens with zero attached hydrogens (tertiary/aromatic N) is 2. The van der Waals surface area contributed by atoms with Gasteiger partial charge in [-0.25, -0.2) is 0 Å². The van der Waals surface area contributed by atoms with Crippen molar-refractivity contribution in [1.82, 2.24) is 9.80 Å². The van der Waals surface area contributed by atoms with Crippen molar-refractivity contribution in [2.45, 2.75) is 52.6 Å². The van der Waals surface area contributed by atoms with Crippen LogP contribution < -0.4 is 14.9 Å². The predicted molar refractivity (Wildman–Crippen MR) is 211 cm³/mol. The van der Waals surface area contributed by atoms with Gasteiger partial charge in [-0.1, -0.05) is 72.8 Å². The Kier molecular flexibility index (Phi) is 23.2. The van der Waals surface area contributed by atoms with E-state index in [1.165, 1.54) is 0 Å². The maximum Gasteiger partial charge on any atom is 0.488 e. The molecule has 2 aliphatic heterocycles. The van der Waals surface area contributed by atoms with E-state index < -0.39 is 19.1 Å². The van der Waals surface area contributed by atoms with Gasteiger partial charge in [0.15, 0.2) is 0 Å². The Morgan fingerprint density at radius 3 is 1.47 bits per heavy atom. The number of amides is 2. The third kappa shape index (κ3) is 18.6. The molecule has 15 heteroatoms. The topological polar surface area (TPSA) is 174 Å². The fraction of sp³-hybridized carbons (Fsp3) is 0.300. The van der Waals surface area contributed by atoms with E-state index in [0.29, 0.717) is 31.4 Å². The third-order valence-electron chi connectivity index (χ3n) is 7.75. The van der Waals surface area contributed by atoms with Crippen LogP contribution in [0.25, 0.3) is 11.1 Å². The minimum atomic E-state index is -1.34. The number of halogens is 1. The van der Waals surface area contributed by atoms with Crippen LogP contribution in [0, 0.1) is 0 Å². The number of carbonyl (C=O) groups excluding carboxylic acids is 2. The number of methoxy groups -OCH3 is 2.